The van der Waals surface area contributed by atoms with Crippen LogP contribution in [0.25, 0.3) is 22.5 Å². The molecule has 2 N–H and O–H groups in total. The van der Waals surface area contributed by atoms with Crippen molar-refractivity contribution >= 4 is 23.2 Å². The quantitative estimate of drug-likeness (QED) is 0.424. The highest BCUT2D eigenvalue weighted by Crippen LogP contribution is 2.34. The fourth-order valence-electron chi connectivity index (χ4n) is 3.54. The van der Waals surface area contributed by atoms with E-state index in [9.17, 15) is 0 Å². The van der Waals surface area contributed by atoms with Crippen molar-refractivity contribution in [2.24, 2.45) is 0 Å². The van der Waals surface area contributed by atoms with Gasteiger partial charge in [-0.05, 0) is 19.8 Å². The largest absolute Gasteiger partial charge is 0.483 e. The summed E-state index contributed by atoms with van der Waals surface area (Å²) >= 11 is 0. The number of ether oxygens (including phenoxy) is 1. The number of nitrogens with zero attached hydrogens (tertiary/aromatic N) is 6. The summed E-state index contributed by atoms with van der Waals surface area (Å²) in [6.45, 7) is 4.03. The standard InChI is InChI=1S/C19H21N7O3.CH2O2/c1-2-26-18-14(11-21-26)17(22-12-3-6-27-7-4-12)15(10-20-18)19-24-23-16(29-19)9-13-5-8-28-25-13;2-1-3/h5,8,10-12H,2-4,6-7,9H2,1H3,(H,20,22);1H,(H,2,3). The van der Waals surface area contributed by atoms with E-state index in [1.54, 1.807) is 12.3 Å². The average molecular weight is 441 g/mol. The Morgan fingerprint density at radius 2 is 2.09 bits per heavy atom. The van der Waals surface area contributed by atoms with Gasteiger partial charge in [-0.1, -0.05) is 5.16 Å². The van der Waals surface area contributed by atoms with Crippen LogP contribution in [0.5, 0.6) is 0 Å². The van der Waals surface area contributed by atoms with Gasteiger partial charge in [0.25, 0.3) is 12.4 Å². The predicted molar refractivity (Wildman–Crippen MR) is 112 cm³/mol. The van der Waals surface area contributed by atoms with Crippen LogP contribution in [-0.4, -0.2) is 61.0 Å². The predicted octanol–water partition coefficient (Wildman–Crippen LogP) is 2.37. The molecule has 1 aliphatic rings. The molecule has 0 spiro atoms. The van der Waals surface area contributed by atoms with E-state index in [1.165, 1.54) is 6.26 Å². The zero-order valence-electron chi connectivity index (χ0n) is 17.5. The van der Waals surface area contributed by atoms with E-state index in [0.717, 1.165) is 60.6 Å². The number of pyridine rings is 1. The molecule has 168 valence electrons. The summed E-state index contributed by atoms with van der Waals surface area (Å²) in [5.41, 5.74) is 3.24. The van der Waals surface area contributed by atoms with Gasteiger partial charge in [0.05, 0.1) is 34.9 Å². The summed E-state index contributed by atoms with van der Waals surface area (Å²) in [6, 6.07) is 2.07. The number of aromatic nitrogens is 6. The van der Waals surface area contributed by atoms with E-state index in [-0.39, 0.29) is 6.47 Å². The third-order valence-corrected chi connectivity index (χ3v) is 5.06. The number of fused-ring (bicyclic) bond motifs is 1. The van der Waals surface area contributed by atoms with E-state index in [2.05, 4.69) is 30.8 Å². The molecule has 12 nitrogen and oxygen atoms in total. The zero-order valence-corrected chi connectivity index (χ0v) is 17.5. The minimum Gasteiger partial charge on any atom is -0.483 e. The van der Waals surface area contributed by atoms with Gasteiger partial charge < -0.3 is 24.1 Å². The van der Waals surface area contributed by atoms with Crippen LogP contribution in [0.4, 0.5) is 5.69 Å². The van der Waals surface area contributed by atoms with Crippen LogP contribution in [0.1, 0.15) is 31.4 Å². The molecular weight excluding hydrogens is 418 g/mol. The maximum absolute atomic E-state index is 8.36. The lowest BCUT2D eigenvalue weighted by atomic mass is 10.1. The Hall–Kier alpha value is -3.80. The van der Waals surface area contributed by atoms with Gasteiger partial charge in [0, 0.05) is 38.1 Å². The van der Waals surface area contributed by atoms with E-state index >= 15 is 0 Å². The molecule has 5 heterocycles. The Kier molecular flexibility index (Phi) is 6.70. The van der Waals surface area contributed by atoms with Gasteiger partial charge in [0.15, 0.2) is 5.65 Å². The summed E-state index contributed by atoms with van der Waals surface area (Å²) in [7, 11) is 0. The SMILES string of the molecule is CCn1ncc2c(NC3CCOCC3)c(-c3nnc(Cc4ccon4)o3)cnc21.O=CO. The second-order valence-corrected chi connectivity index (χ2v) is 7.05. The third kappa shape index (κ3) is 4.59. The second-order valence-electron chi connectivity index (χ2n) is 7.05. The van der Waals surface area contributed by atoms with E-state index in [0.29, 0.717) is 24.2 Å². The van der Waals surface area contributed by atoms with Gasteiger partial charge >= 0.3 is 0 Å². The zero-order chi connectivity index (χ0) is 22.3. The molecule has 32 heavy (non-hydrogen) atoms. The molecule has 1 saturated heterocycles. The maximum atomic E-state index is 8.36. The van der Waals surface area contributed by atoms with Crippen molar-refractivity contribution in [2.75, 3.05) is 18.5 Å². The first-order valence-electron chi connectivity index (χ1n) is 10.2. The second kappa shape index (κ2) is 10.0. The van der Waals surface area contributed by atoms with Gasteiger partial charge in [-0.25, -0.2) is 9.67 Å². The molecule has 4 aromatic heterocycles. The highest BCUT2D eigenvalue weighted by Gasteiger charge is 2.22. The van der Waals surface area contributed by atoms with Gasteiger partial charge in [0.2, 0.25) is 5.89 Å². The molecular formula is C20H23N7O5. The first-order valence-corrected chi connectivity index (χ1v) is 10.2. The van der Waals surface area contributed by atoms with Crippen LogP contribution in [0.15, 0.2) is 33.7 Å². The van der Waals surface area contributed by atoms with Crippen LogP contribution < -0.4 is 5.32 Å². The van der Waals surface area contributed by atoms with Gasteiger partial charge in [-0.15, -0.1) is 10.2 Å². The van der Waals surface area contributed by atoms with Crippen molar-refractivity contribution in [2.45, 2.75) is 38.8 Å². The molecule has 12 heteroatoms. The van der Waals surface area contributed by atoms with Gasteiger partial charge in [-0.3, -0.25) is 4.79 Å². The number of carbonyl (C=O) groups is 1. The molecule has 0 saturated carbocycles. The van der Waals surface area contributed by atoms with Crippen LogP contribution in [0.3, 0.4) is 0 Å². The first kappa shape index (κ1) is 21.4. The first-order chi connectivity index (χ1) is 15.7. The highest BCUT2D eigenvalue weighted by molar-refractivity contribution is 5.96. The minimum atomic E-state index is -0.250. The summed E-state index contributed by atoms with van der Waals surface area (Å²) in [5.74, 6) is 0.881. The summed E-state index contributed by atoms with van der Waals surface area (Å²) in [4.78, 5) is 13.0. The number of aryl methyl sites for hydroxylation is 1. The molecule has 0 bridgehead atoms. The molecule has 0 amide bonds. The monoisotopic (exact) mass is 441 g/mol. The summed E-state index contributed by atoms with van der Waals surface area (Å²) < 4.78 is 18.1. The maximum Gasteiger partial charge on any atom is 0.290 e. The Morgan fingerprint density at radius 1 is 1.28 bits per heavy atom. The van der Waals surface area contributed by atoms with E-state index < -0.39 is 0 Å². The van der Waals surface area contributed by atoms with Crippen molar-refractivity contribution in [1.82, 2.24) is 30.1 Å². The molecule has 0 aliphatic carbocycles. The van der Waals surface area contributed by atoms with Gasteiger partial charge in [0.1, 0.15) is 6.26 Å². The number of carboxylic acid groups (broad SMARTS) is 1. The van der Waals surface area contributed by atoms with Crippen molar-refractivity contribution in [3.05, 3.63) is 36.3 Å². The lowest BCUT2D eigenvalue weighted by molar-refractivity contribution is -0.122. The van der Waals surface area contributed by atoms with Crippen molar-refractivity contribution < 1.29 is 23.6 Å². The molecule has 5 rings (SSSR count). The molecule has 4 aromatic rings. The Labute approximate surface area is 182 Å². The van der Waals surface area contributed by atoms with Crippen LogP contribution in [0, 0.1) is 0 Å². The fraction of sp³-hybridized carbons (Fsp3) is 0.400. The number of nitrogens with one attached hydrogen (secondary N) is 1. The third-order valence-electron chi connectivity index (χ3n) is 5.06. The molecule has 0 radical (unpaired) electrons. The summed E-state index contributed by atoms with van der Waals surface area (Å²) in [6.07, 6.45) is 7.41. The molecule has 0 atom stereocenters. The Balaban J connectivity index is 0.000000775. The van der Waals surface area contributed by atoms with Crippen molar-refractivity contribution in [1.29, 1.82) is 0 Å². The fourth-order valence-corrected chi connectivity index (χ4v) is 3.54. The lowest BCUT2D eigenvalue weighted by Crippen LogP contribution is -2.28. The Bertz CT molecular complexity index is 1150. The number of anilines is 1. The van der Waals surface area contributed by atoms with Crippen LogP contribution in [0.2, 0.25) is 0 Å². The normalized spacial score (nSPS) is 14.2. The van der Waals surface area contributed by atoms with E-state index in [4.69, 9.17) is 23.6 Å². The molecule has 0 unspecified atom stereocenters. The minimum absolute atomic E-state index is 0.250. The summed E-state index contributed by atoms with van der Waals surface area (Å²) in [5, 5.41) is 28.2. The molecule has 1 fully saturated rings. The number of hydrogen-bond acceptors (Lipinski definition) is 10. The number of hydrogen-bond donors (Lipinski definition) is 2. The molecule has 1 aliphatic heterocycles. The van der Waals surface area contributed by atoms with E-state index in [1.807, 2.05) is 17.8 Å². The molecule has 0 aromatic carbocycles. The lowest BCUT2D eigenvalue weighted by Gasteiger charge is -2.25. The van der Waals surface area contributed by atoms with Crippen LogP contribution in [-0.2, 0) is 22.5 Å². The van der Waals surface area contributed by atoms with Crippen LogP contribution >= 0.6 is 0 Å². The van der Waals surface area contributed by atoms with Crippen molar-refractivity contribution in [3.63, 3.8) is 0 Å². The smallest absolute Gasteiger partial charge is 0.290 e. The topological polar surface area (TPSA) is 154 Å². The number of rotatable bonds is 6. The van der Waals surface area contributed by atoms with Crippen molar-refractivity contribution in [3.8, 4) is 11.5 Å². The van der Waals surface area contributed by atoms with Gasteiger partial charge in [-0.2, -0.15) is 5.10 Å². The highest BCUT2D eigenvalue weighted by atomic mass is 16.5. The Morgan fingerprint density at radius 3 is 2.81 bits per heavy atom. The average Bonchev–Trinajstić information content (AvgIpc) is 3.57.